The van der Waals surface area contributed by atoms with Gasteiger partial charge in [-0.2, -0.15) is 0 Å². The van der Waals surface area contributed by atoms with Crippen molar-refractivity contribution in [1.82, 2.24) is 14.4 Å². The number of fused-ring (bicyclic) bond motifs is 1. The number of aliphatic hydroxyl groups is 1. The number of aryl methyl sites for hydroxylation is 3. The molecule has 2 aromatic carbocycles. The zero-order chi connectivity index (χ0) is 24.8. The normalized spacial score (nSPS) is 14.0. The van der Waals surface area contributed by atoms with Crippen LogP contribution in [0.25, 0.3) is 16.8 Å². The van der Waals surface area contributed by atoms with Crippen molar-refractivity contribution >= 4 is 22.9 Å². The number of imidazole rings is 1. The average Bonchev–Trinajstić information content (AvgIpc) is 3.13. The van der Waals surface area contributed by atoms with E-state index in [2.05, 4.69) is 15.3 Å². The molecule has 0 radical (unpaired) electrons. The van der Waals surface area contributed by atoms with Crippen LogP contribution in [0.2, 0.25) is 0 Å². The van der Waals surface area contributed by atoms with Crippen molar-refractivity contribution in [3.05, 3.63) is 77.1 Å². The summed E-state index contributed by atoms with van der Waals surface area (Å²) in [4.78, 5) is 21.1. The first-order valence-corrected chi connectivity index (χ1v) is 9.47. The average molecular weight is 422 g/mol. The van der Waals surface area contributed by atoms with E-state index >= 15 is 0 Å². The van der Waals surface area contributed by atoms with Crippen molar-refractivity contribution in [3.63, 3.8) is 0 Å². The monoisotopic (exact) mass is 422 g/mol. The molecule has 0 spiro atoms. The van der Waals surface area contributed by atoms with Gasteiger partial charge in [-0.05, 0) is 56.1 Å². The first-order chi connectivity index (χ1) is 16.0. The summed E-state index contributed by atoms with van der Waals surface area (Å²) in [7, 11) is 0. The van der Waals surface area contributed by atoms with E-state index in [0.29, 0.717) is 33.7 Å². The minimum absolute atomic E-state index is 0.130. The number of hydrogen-bond acceptors (Lipinski definition) is 5. The van der Waals surface area contributed by atoms with Crippen LogP contribution in [0, 0.1) is 26.5 Å². The number of nitrogens with zero attached hydrogens (tertiary/aromatic N) is 3. The van der Waals surface area contributed by atoms with Gasteiger partial charge in [-0.3, -0.25) is 9.20 Å². The fraction of sp³-hybridized carbons (Fsp3) is 0.174. The van der Waals surface area contributed by atoms with Crippen molar-refractivity contribution in [2.24, 2.45) is 0 Å². The number of nitrogens with one attached hydrogen (secondary N) is 1. The van der Waals surface area contributed by atoms with Crippen LogP contribution in [-0.4, -0.2) is 25.4 Å². The van der Waals surface area contributed by atoms with Gasteiger partial charge in [0.1, 0.15) is 28.7 Å². The molecular weight excluding hydrogens is 397 g/mol. The van der Waals surface area contributed by atoms with Gasteiger partial charge in [0, 0.05) is 21.6 Å². The van der Waals surface area contributed by atoms with E-state index in [9.17, 15) is 14.3 Å². The zero-order valence-electron chi connectivity index (χ0n) is 19.8. The molecule has 158 valence electrons. The van der Waals surface area contributed by atoms with Gasteiger partial charge < -0.3 is 16.2 Å². The SMILES string of the molecule is [2H]C([2H])([2H])c1nc(-c2ccc(NC(=O)[C@@H](O)c3cccc(F)c3)cc2C)c2c(N)nc(C)cn12. The number of nitrogen functional groups attached to an aromatic ring is 1. The van der Waals surface area contributed by atoms with Crippen molar-refractivity contribution in [2.45, 2.75) is 26.8 Å². The highest BCUT2D eigenvalue weighted by Crippen LogP contribution is 2.32. The Morgan fingerprint density at radius 3 is 2.77 bits per heavy atom. The van der Waals surface area contributed by atoms with Crippen LogP contribution in [0.15, 0.2) is 48.7 Å². The topological polar surface area (TPSA) is 106 Å². The highest BCUT2D eigenvalue weighted by molar-refractivity contribution is 5.95. The van der Waals surface area contributed by atoms with Crippen molar-refractivity contribution in [3.8, 4) is 11.3 Å². The van der Waals surface area contributed by atoms with E-state index in [4.69, 9.17) is 9.85 Å². The third kappa shape index (κ3) is 3.85. The van der Waals surface area contributed by atoms with E-state index in [-0.39, 0.29) is 17.2 Å². The van der Waals surface area contributed by atoms with E-state index in [1.54, 1.807) is 38.2 Å². The lowest BCUT2D eigenvalue weighted by Gasteiger charge is -2.13. The molecule has 0 bridgehead atoms. The maximum Gasteiger partial charge on any atom is 0.257 e. The largest absolute Gasteiger partial charge is 0.382 e. The molecule has 7 nitrogen and oxygen atoms in total. The zero-order valence-corrected chi connectivity index (χ0v) is 16.8. The number of halogens is 1. The van der Waals surface area contributed by atoms with Crippen molar-refractivity contribution < 1.29 is 18.4 Å². The molecule has 4 aromatic rings. The molecular formula is C23H22FN5O2. The molecule has 31 heavy (non-hydrogen) atoms. The van der Waals surface area contributed by atoms with Gasteiger partial charge >= 0.3 is 0 Å². The van der Waals surface area contributed by atoms with Gasteiger partial charge in [-0.15, -0.1) is 0 Å². The summed E-state index contributed by atoms with van der Waals surface area (Å²) in [5, 5.41) is 12.9. The highest BCUT2D eigenvalue weighted by Gasteiger charge is 2.20. The van der Waals surface area contributed by atoms with Crippen LogP contribution in [0.3, 0.4) is 0 Å². The fourth-order valence-electron chi connectivity index (χ4n) is 3.50. The molecule has 2 heterocycles. The predicted molar refractivity (Wildman–Crippen MR) is 117 cm³/mol. The van der Waals surface area contributed by atoms with Crippen LogP contribution < -0.4 is 11.1 Å². The Morgan fingerprint density at radius 2 is 2.06 bits per heavy atom. The molecule has 0 fully saturated rings. The molecule has 0 unspecified atom stereocenters. The predicted octanol–water partition coefficient (Wildman–Crippen LogP) is 3.71. The lowest BCUT2D eigenvalue weighted by atomic mass is 10.0. The van der Waals surface area contributed by atoms with E-state index < -0.39 is 24.7 Å². The number of rotatable bonds is 4. The van der Waals surface area contributed by atoms with Gasteiger partial charge in [0.15, 0.2) is 6.10 Å². The minimum Gasteiger partial charge on any atom is -0.382 e. The Hall–Kier alpha value is -3.78. The van der Waals surface area contributed by atoms with E-state index in [0.717, 1.165) is 6.07 Å². The van der Waals surface area contributed by atoms with Gasteiger partial charge in [0.25, 0.3) is 5.91 Å². The molecule has 2 aromatic heterocycles. The molecule has 4 rings (SSSR count). The summed E-state index contributed by atoms with van der Waals surface area (Å²) >= 11 is 0. The smallest absolute Gasteiger partial charge is 0.257 e. The Bertz CT molecular complexity index is 1420. The van der Waals surface area contributed by atoms with Gasteiger partial charge in [0.2, 0.25) is 0 Å². The maximum atomic E-state index is 13.4. The van der Waals surface area contributed by atoms with Gasteiger partial charge in [-0.25, -0.2) is 14.4 Å². The molecule has 0 aliphatic rings. The van der Waals surface area contributed by atoms with Crippen LogP contribution >= 0.6 is 0 Å². The maximum absolute atomic E-state index is 13.4. The molecule has 8 heteroatoms. The number of carbonyl (C=O) groups is 1. The van der Waals surface area contributed by atoms with E-state index in [1.165, 1.54) is 22.6 Å². The number of aromatic nitrogens is 3. The molecule has 0 aliphatic carbocycles. The minimum atomic E-state index is -2.48. The van der Waals surface area contributed by atoms with Crippen molar-refractivity contribution in [2.75, 3.05) is 11.1 Å². The lowest BCUT2D eigenvalue weighted by molar-refractivity contribution is -0.124. The van der Waals surface area contributed by atoms with Crippen LogP contribution in [0.5, 0.6) is 0 Å². The summed E-state index contributed by atoms with van der Waals surface area (Å²) in [5.41, 5.74) is 9.21. The molecule has 4 N–H and O–H groups in total. The second-order valence-corrected chi connectivity index (χ2v) is 7.25. The summed E-state index contributed by atoms with van der Waals surface area (Å²) < 4.78 is 38.4. The first kappa shape index (κ1) is 17.0. The van der Waals surface area contributed by atoms with Gasteiger partial charge in [0.05, 0.1) is 5.69 Å². The number of amides is 1. The number of anilines is 2. The molecule has 1 atom stereocenters. The fourth-order valence-corrected chi connectivity index (χ4v) is 3.50. The first-order valence-electron chi connectivity index (χ1n) is 11.0. The van der Waals surface area contributed by atoms with Crippen molar-refractivity contribution in [1.29, 1.82) is 0 Å². The molecule has 0 saturated heterocycles. The van der Waals surface area contributed by atoms with Crippen LogP contribution in [-0.2, 0) is 4.79 Å². The van der Waals surface area contributed by atoms with E-state index in [1.807, 2.05) is 0 Å². The summed E-state index contributed by atoms with van der Waals surface area (Å²) in [6, 6.07) is 10.1. The lowest BCUT2D eigenvalue weighted by Crippen LogP contribution is -2.21. The Balaban J connectivity index is 1.70. The number of aliphatic hydroxyl groups excluding tert-OH is 1. The van der Waals surface area contributed by atoms with Crippen LogP contribution in [0.1, 0.15) is 32.9 Å². The Labute approximate surface area is 182 Å². The Kier molecular flexibility index (Phi) is 4.27. The second-order valence-electron chi connectivity index (χ2n) is 7.25. The Morgan fingerprint density at radius 1 is 1.26 bits per heavy atom. The highest BCUT2D eigenvalue weighted by atomic mass is 19.1. The number of carbonyl (C=O) groups excluding carboxylic acids is 1. The summed E-state index contributed by atoms with van der Waals surface area (Å²) in [6.07, 6.45) is 0.0189. The number of hydrogen-bond donors (Lipinski definition) is 3. The molecule has 0 saturated carbocycles. The second kappa shape index (κ2) is 7.81. The summed E-state index contributed by atoms with van der Waals surface area (Å²) in [6.45, 7) is 1.00. The molecule has 1 amide bonds. The number of benzene rings is 2. The van der Waals surface area contributed by atoms with Crippen LogP contribution in [0.4, 0.5) is 15.9 Å². The third-order valence-electron chi connectivity index (χ3n) is 4.93. The quantitative estimate of drug-likeness (QED) is 0.465. The number of nitrogens with two attached hydrogens (primary N) is 1. The summed E-state index contributed by atoms with van der Waals surface area (Å²) in [5.74, 6) is -1.27. The van der Waals surface area contributed by atoms with Gasteiger partial charge in [-0.1, -0.05) is 18.2 Å². The standard InChI is InChI=1S/C23H22FN5O2/c1-12-9-17(28-23(31)21(30)15-5-4-6-16(24)10-15)7-8-18(12)19-20-22(25)26-13(2)11-29(20)14(3)27-19/h4-11,21,30H,1-3H3,(H2,25,26)(H,28,31)/t21-/m0/s1/i3D3. The molecule has 0 aliphatic heterocycles. The third-order valence-corrected chi connectivity index (χ3v) is 4.93.